The number of carboxylic acid groups (broad SMARTS) is 1. The molecule has 0 amide bonds. The van der Waals surface area contributed by atoms with E-state index in [0.29, 0.717) is 18.7 Å². The third-order valence-corrected chi connectivity index (χ3v) is 8.46. The van der Waals surface area contributed by atoms with Crippen molar-refractivity contribution in [3.05, 3.63) is 42.0 Å². The standard InChI is InChI=1S/C21H26N2O8S2/c1-15-12-17(7-9-18(15)31-14-21(24)25)32(26,27)22-16-6-8-19(30-2)20(13-16)33(28,29)23-10-4-3-5-11-23/h6-9,12-13,22H,3-5,10-11,14H2,1-2H3,(H,24,25). The van der Waals surface area contributed by atoms with E-state index in [1.165, 1.54) is 47.8 Å². The molecule has 0 saturated carbocycles. The number of piperidine rings is 1. The summed E-state index contributed by atoms with van der Waals surface area (Å²) in [5.41, 5.74) is 0.498. The number of sulfonamides is 2. The Morgan fingerprint density at radius 3 is 2.30 bits per heavy atom. The summed E-state index contributed by atoms with van der Waals surface area (Å²) in [5, 5.41) is 8.73. The Morgan fingerprint density at radius 2 is 1.70 bits per heavy atom. The van der Waals surface area contributed by atoms with Gasteiger partial charge in [0, 0.05) is 13.1 Å². The molecule has 0 radical (unpaired) electrons. The van der Waals surface area contributed by atoms with Gasteiger partial charge >= 0.3 is 5.97 Å². The Kier molecular flexibility index (Phi) is 7.50. The van der Waals surface area contributed by atoms with Crippen LogP contribution in [0.25, 0.3) is 0 Å². The van der Waals surface area contributed by atoms with E-state index in [0.717, 1.165) is 19.3 Å². The van der Waals surface area contributed by atoms with Gasteiger partial charge in [0.05, 0.1) is 17.7 Å². The zero-order valence-corrected chi connectivity index (χ0v) is 19.9. The summed E-state index contributed by atoms with van der Waals surface area (Å²) in [5.74, 6) is -0.780. The predicted molar refractivity (Wildman–Crippen MR) is 121 cm³/mol. The normalized spacial score (nSPS) is 15.1. The van der Waals surface area contributed by atoms with E-state index in [2.05, 4.69) is 4.72 Å². The molecule has 33 heavy (non-hydrogen) atoms. The van der Waals surface area contributed by atoms with Crippen molar-refractivity contribution < 1.29 is 36.2 Å². The predicted octanol–water partition coefficient (Wildman–Crippen LogP) is 2.44. The van der Waals surface area contributed by atoms with E-state index in [9.17, 15) is 21.6 Å². The zero-order chi connectivity index (χ0) is 24.2. The maximum Gasteiger partial charge on any atom is 0.341 e. The van der Waals surface area contributed by atoms with Crippen molar-refractivity contribution in [1.82, 2.24) is 4.31 Å². The minimum atomic E-state index is -4.06. The van der Waals surface area contributed by atoms with E-state index in [4.69, 9.17) is 14.6 Å². The smallest absolute Gasteiger partial charge is 0.341 e. The van der Waals surface area contributed by atoms with Crippen LogP contribution >= 0.6 is 0 Å². The fourth-order valence-corrected chi connectivity index (χ4v) is 6.32. The molecule has 1 heterocycles. The molecule has 2 aromatic rings. The quantitative estimate of drug-likeness (QED) is 0.537. The van der Waals surface area contributed by atoms with Gasteiger partial charge in [0.1, 0.15) is 16.4 Å². The second-order valence-corrected chi connectivity index (χ2v) is 11.1. The largest absolute Gasteiger partial charge is 0.495 e. The van der Waals surface area contributed by atoms with Gasteiger partial charge in [-0.25, -0.2) is 21.6 Å². The number of carbonyl (C=O) groups is 1. The topological polar surface area (TPSA) is 139 Å². The Balaban J connectivity index is 1.89. The number of hydrogen-bond acceptors (Lipinski definition) is 7. The molecular formula is C21H26N2O8S2. The van der Waals surface area contributed by atoms with Gasteiger partial charge in [0.15, 0.2) is 6.61 Å². The maximum atomic E-state index is 13.2. The number of nitrogens with one attached hydrogen (secondary N) is 1. The third kappa shape index (κ3) is 5.75. The summed E-state index contributed by atoms with van der Waals surface area (Å²) < 4.78 is 66.3. The first kappa shape index (κ1) is 24.8. The van der Waals surface area contributed by atoms with E-state index in [1.54, 1.807) is 6.92 Å². The number of carboxylic acids is 1. The van der Waals surface area contributed by atoms with Crippen LogP contribution in [0.5, 0.6) is 11.5 Å². The molecule has 2 aromatic carbocycles. The van der Waals surface area contributed by atoms with Gasteiger partial charge in [-0.05, 0) is 61.7 Å². The van der Waals surface area contributed by atoms with Gasteiger partial charge in [-0.15, -0.1) is 0 Å². The molecule has 0 unspecified atom stereocenters. The SMILES string of the molecule is COc1ccc(NS(=O)(=O)c2ccc(OCC(=O)O)c(C)c2)cc1S(=O)(=O)N1CCCCC1. The molecule has 0 spiro atoms. The van der Waals surface area contributed by atoms with Crippen LogP contribution < -0.4 is 14.2 Å². The Labute approximate surface area is 193 Å². The molecule has 12 heteroatoms. The van der Waals surface area contributed by atoms with Crippen LogP contribution in [0.15, 0.2) is 46.2 Å². The Morgan fingerprint density at radius 1 is 1.03 bits per heavy atom. The summed E-state index contributed by atoms with van der Waals surface area (Å²) in [6.07, 6.45) is 2.49. The second kappa shape index (κ2) is 9.98. The molecule has 0 aromatic heterocycles. The fourth-order valence-electron chi connectivity index (χ4n) is 3.49. The lowest BCUT2D eigenvalue weighted by molar-refractivity contribution is -0.139. The van der Waals surface area contributed by atoms with Crippen LogP contribution in [-0.2, 0) is 24.8 Å². The molecule has 1 aliphatic rings. The van der Waals surface area contributed by atoms with Crippen LogP contribution in [0.1, 0.15) is 24.8 Å². The zero-order valence-electron chi connectivity index (χ0n) is 18.3. The minimum absolute atomic E-state index is 0.0650. The van der Waals surface area contributed by atoms with Gasteiger partial charge in [-0.2, -0.15) is 4.31 Å². The van der Waals surface area contributed by atoms with Gasteiger partial charge in [-0.1, -0.05) is 6.42 Å². The number of ether oxygens (including phenoxy) is 2. The Hall–Kier alpha value is -2.83. The van der Waals surface area contributed by atoms with Gasteiger partial charge < -0.3 is 14.6 Å². The summed E-state index contributed by atoms with van der Waals surface area (Å²) in [7, 11) is -6.57. The highest BCUT2D eigenvalue weighted by molar-refractivity contribution is 7.92. The summed E-state index contributed by atoms with van der Waals surface area (Å²) in [6, 6.07) is 8.06. The second-order valence-electron chi connectivity index (χ2n) is 7.55. The van der Waals surface area contributed by atoms with Crippen molar-refractivity contribution in [2.45, 2.75) is 36.0 Å². The number of hydrogen-bond donors (Lipinski definition) is 2. The first-order valence-electron chi connectivity index (χ1n) is 10.2. The highest BCUT2D eigenvalue weighted by atomic mass is 32.2. The highest BCUT2D eigenvalue weighted by Gasteiger charge is 2.29. The molecule has 10 nitrogen and oxygen atoms in total. The van der Waals surface area contributed by atoms with E-state index >= 15 is 0 Å². The van der Waals surface area contributed by atoms with Crippen LogP contribution in [0, 0.1) is 6.92 Å². The van der Waals surface area contributed by atoms with Crippen molar-refractivity contribution >= 4 is 31.7 Å². The average Bonchev–Trinajstić information content (AvgIpc) is 2.78. The molecule has 0 bridgehead atoms. The first-order chi connectivity index (χ1) is 15.5. The number of aryl methyl sites for hydroxylation is 1. The molecule has 1 saturated heterocycles. The first-order valence-corrected chi connectivity index (χ1v) is 13.1. The minimum Gasteiger partial charge on any atom is -0.495 e. The molecule has 3 rings (SSSR count). The molecule has 1 aliphatic heterocycles. The lowest BCUT2D eigenvalue weighted by Crippen LogP contribution is -2.35. The van der Waals surface area contributed by atoms with Gasteiger partial charge in [0.2, 0.25) is 10.0 Å². The van der Waals surface area contributed by atoms with Gasteiger partial charge in [-0.3, -0.25) is 4.72 Å². The van der Waals surface area contributed by atoms with Crippen molar-refractivity contribution in [2.75, 3.05) is 31.5 Å². The average molecular weight is 499 g/mol. The number of rotatable bonds is 9. The van der Waals surface area contributed by atoms with Crippen molar-refractivity contribution in [3.63, 3.8) is 0 Å². The molecule has 0 aliphatic carbocycles. The molecule has 1 fully saturated rings. The third-order valence-electron chi connectivity index (χ3n) is 5.16. The lowest BCUT2D eigenvalue weighted by atomic mass is 10.2. The summed E-state index contributed by atoms with van der Waals surface area (Å²) >= 11 is 0. The monoisotopic (exact) mass is 498 g/mol. The highest BCUT2D eigenvalue weighted by Crippen LogP contribution is 2.32. The lowest BCUT2D eigenvalue weighted by Gasteiger charge is -2.26. The number of anilines is 1. The summed E-state index contributed by atoms with van der Waals surface area (Å²) in [4.78, 5) is 10.5. The number of benzene rings is 2. The molecule has 180 valence electrons. The number of methoxy groups -OCH3 is 1. The van der Waals surface area contributed by atoms with Crippen LogP contribution in [0.4, 0.5) is 5.69 Å². The maximum absolute atomic E-state index is 13.2. The van der Waals surface area contributed by atoms with Gasteiger partial charge in [0.25, 0.3) is 10.0 Å². The van der Waals surface area contributed by atoms with E-state index in [-0.39, 0.29) is 27.0 Å². The van der Waals surface area contributed by atoms with Crippen LogP contribution in [0.2, 0.25) is 0 Å². The fraction of sp³-hybridized carbons (Fsp3) is 0.381. The number of nitrogens with zero attached hydrogens (tertiary/aromatic N) is 1. The number of aliphatic carboxylic acids is 1. The molecule has 2 N–H and O–H groups in total. The van der Waals surface area contributed by atoms with E-state index < -0.39 is 32.6 Å². The summed E-state index contributed by atoms with van der Waals surface area (Å²) in [6.45, 7) is 1.84. The van der Waals surface area contributed by atoms with Crippen LogP contribution in [-0.4, -0.2) is 59.0 Å². The van der Waals surface area contributed by atoms with Crippen molar-refractivity contribution in [2.24, 2.45) is 0 Å². The van der Waals surface area contributed by atoms with Crippen molar-refractivity contribution in [1.29, 1.82) is 0 Å². The van der Waals surface area contributed by atoms with Crippen LogP contribution in [0.3, 0.4) is 0 Å². The molecular weight excluding hydrogens is 472 g/mol. The van der Waals surface area contributed by atoms with E-state index in [1.807, 2.05) is 0 Å². The Bertz CT molecular complexity index is 1240. The molecule has 0 atom stereocenters. The van der Waals surface area contributed by atoms with Crippen molar-refractivity contribution in [3.8, 4) is 11.5 Å².